The quantitative estimate of drug-likeness (QED) is 0.428. The molecule has 0 aliphatic rings. The van der Waals surface area contributed by atoms with Gasteiger partial charge >= 0.3 is 0 Å². The zero-order chi connectivity index (χ0) is 21.0. The molecule has 0 unspecified atom stereocenters. The minimum Gasteiger partial charge on any atom is -0.355 e. The van der Waals surface area contributed by atoms with Crippen molar-refractivity contribution in [3.8, 4) is 22.2 Å². The van der Waals surface area contributed by atoms with Crippen LogP contribution in [-0.2, 0) is 6.42 Å². The number of anilines is 1. The first kappa shape index (κ1) is 18.8. The molecule has 1 amide bonds. The maximum absolute atomic E-state index is 12.7. The number of hydrogen-bond donors (Lipinski definition) is 1. The summed E-state index contributed by atoms with van der Waals surface area (Å²) in [6.45, 7) is 0. The number of aromatic nitrogens is 5. The first-order valence-electron chi connectivity index (χ1n) is 9.25. The Labute approximate surface area is 179 Å². The summed E-state index contributed by atoms with van der Waals surface area (Å²) < 4.78 is 10.6. The molecule has 0 atom stereocenters. The maximum Gasteiger partial charge on any atom is 0.277 e. The summed E-state index contributed by atoms with van der Waals surface area (Å²) in [5.41, 5.74) is 2.15. The standard InChI is InChI=1S/C21H14N6O3S/c28-21(15-11-17(29-26-15)18-6-3-9-31-18)24-14-5-2-1-4-13(14)10-19-25-20(27-30-19)16-12-22-7-8-23-16/h1-9,11-12H,10H2,(H,24,28). The van der Waals surface area contributed by atoms with Gasteiger partial charge in [-0.3, -0.25) is 9.78 Å². The highest BCUT2D eigenvalue weighted by Gasteiger charge is 2.17. The van der Waals surface area contributed by atoms with Crippen LogP contribution >= 0.6 is 11.3 Å². The van der Waals surface area contributed by atoms with Crippen molar-refractivity contribution < 1.29 is 13.8 Å². The van der Waals surface area contributed by atoms with E-state index in [1.165, 1.54) is 11.3 Å². The Balaban J connectivity index is 1.33. The van der Waals surface area contributed by atoms with Gasteiger partial charge in [0.1, 0.15) is 5.69 Å². The van der Waals surface area contributed by atoms with Crippen LogP contribution in [0.4, 0.5) is 5.69 Å². The van der Waals surface area contributed by atoms with E-state index in [4.69, 9.17) is 9.05 Å². The molecule has 5 aromatic rings. The molecular formula is C21H14N6O3S. The molecule has 1 aromatic carbocycles. The second kappa shape index (κ2) is 8.28. The molecule has 0 aliphatic heterocycles. The Morgan fingerprint density at radius 1 is 1.06 bits per heavy atom. The topological polar surface area (TPSA) is 120 Å². The second-order valence-corrected chi connectivity index (χ2v) is 7.39. The van der Waals surface area contributed by atoms with Gasteiger partial charge in [0.25, 0.3) is 5.91 Å². The van der Waals surface area contributed by atoms with Gasteiger partial charge in [-0.05, 0) is 23.1 Å². The van der Waals surface area contributed by atoms with Crippen LogP contribution in [0, 0.1) is 0 Å². The minimum absolute atomic E-state index is 0.195. The molecule has 0 saturated carbocycles. The van der Waals surface area contributed by atoms with E-state index in [1.54, 1.807) is 30.7 Å². The van der Waals surface area contributed by atoms with Gasteiger partial charge < -0.3 is 14.4 Å². The van der Waals surface area contributed by atoms with Crippen LogP contribution in [0.25, 0.3) is 22.2 Å². The average Bonchev–Trinajstić information content (AvgIpc) is 3.57. The zero-order valence-electron chi connectivity index (χ0n) is 15.9. The Bertz CT molecular complexity index is 1310. The van der Waals surface area contributed by atoms with Gasteiger partial charge in [-0.1, -0.05) is 34.6 Å². The number of thiophene rings is 1. The molecule has 1 N–H and O–H groups in total. The van der Waals surface area contributed by atoms with E-state index in [9.17, 15) is 4.79 Å². The third-order valence-corrected chi connectivity index (χ3v) is 5.26. The number of amides is 1. The fourth-order valence-corrected chi connectivity index (χ4v) is 3.58. The fraction of sp³-hybridized carbons (Fsp3) is 0.0476. The van der Waals surface area contributed by atoms with E-state index in [0.29, 0.717) is 35.3 Å². The Kier molecular flexibility index (Phi) is 5.03. The molecule has 152 valence electrons. The van der Waals surface area contributed by atoms with Crippen molar-refractivity contribution in [2.24, 2.45) is 0 Å². The highest BCUT2D eigenvalue weighted by molar-refractivity contribution is 7.13. The number of carbonyl (C=O) groups is 1. The number of para-hydroxylation sites is 1. The van der Waals surface area contributed by atoms with Gasteiger partial charge in [-0.2, -0.15) is 4.98 Å². The number of rotatable bonds is 6. The molecular weight excluding hydrogens is 416 g/mol. The summed E-state index contributed by atoms with van der Waals surface area (Å²) in [5.74, 6) is 0.928. The van der Waals surface area contributed by atoms with Crippen molar-refractivity contribution in [3.05, 3.63) is 83.6 Å². The van der Waals surface area contributed by atoms with Crippen molar-refractivity contribution in [2.45, 2.75) is 6.42 Å². The van der Waals surface area contributed by atoms with Gasteiger partial charge in [-0.25, -0.2) is 4.98 Å². The van der Waals surface area contributed by atoms with E-state index in [0.717, 1.165) is 10.4 Å². The molecule has 31 heavy (non-hydrogen) atoms. The lowest BCUT2D eigenvalue weighted by atomic mass is 10.1. The van der Waals surface area contributed by atoms with Crippen LogP contribution in [-0.4, -0.2) is 31.2 Å². The van der Waals surface area contributed by atoms with Crippen molar-refractivity contribution in [3.63, 3.8) is 0 Å². The molecule has 9 nitrogen and oxygen atoms in total. The van der Waals surface area contributed by atoms with Gasteiger partial charge in [-0.15, -0.1) is 11.3 Å². The van der Waals surface area contributed by atoms with Gasteiger partial charge in [0.15, 0.2) is 11.5 Å². The predicted molar refractivity (Wildman–Crippen MR) is 112 cm³/mol. The first-order valence-corrected chi connectivity index (χ1v) is 10.1. The van der Waals surface area contributed by atoms with Crippen LogP contribution in [0.3, 0.4) is 0 Å². The van der Waals surface area contributed by atoms with Crippen LogP contribution in [0.5, 0.6) is 0 Å². The predicted octanol–water partition coefficient (Wildman–Crippen LogP) is 4.09. The highest BCUT2D eigenvalue weighted by atomic mass is 32.1. The molecule has 10 heteroatoms. The van der Waals surface area contributed by atoms with E-state index < -0.39 is 0 Å². The maximum atomic E-state index is 12.7. The Hall–Kier alpha value is -4.18. The highest BCUT2D eigenvalue weighted by Crippen LogP contribution is 2.26. The lowest BCUT2D eigenvalue weighted by Gasteiger charge is -2.08. The molecule has 0 bridgehead atoms. The zero-order valence-corrected chi connectivity index (χ0v) is 16.7. The molecule has 0 aliphatic carbocycles. The summed E-state index contributed by atoms with van der Waals surface area (Å²) >= 11 is 1.51. The van der Waals surface area contributed by atoms with E-state index in [1.807, 2.05) is 35.7 Å². The molecule has 4 heterocycles. The van der Waals surface area contributed by atoms with Crippen LogP contribution in [0.15, 0.2) is 75.5 Å². The van der Waals surface area contributed by atoms with Gasteiger partial charge in [0, 0.05) is 24.1 Å². The van der Waals surface area contributed by atoms with E-state index >= 15 is 0 Å². The number of carbonyl (C=O) groups excluding carboxylic acids is 1. The second-order valence-electron chi connectivity index (χ2n) is 6.44. The van der Waals surface area contributed by atoms with Crippen molar-refractivity contribution in [2.75, 3.05) is 5.32 Å². The first-order chi connectivity index (χ1) is 15.3. The third-order valence-electron chi connectivity index (χ3n) is 4.37. The summed E-state index contributed by atoms with van der Waals surface area (Å²) in [6, 6.07) is 12.8. The molecule has 0 spiro atoms. The number of nitrogens with zero attached hydrogens (tertiary/aromatic N) is 5. The summed E-state index contributed by atoms with van der Waals surface area (Å²) in [4.78, 5) is 26.1. The van der Waals surface area contributed by atoms with Crippen LogP contribution in [0.1, 0.15) is 21.9 Å². The van der Waals surface area contributed by atoms with Crippen LogP contribution in [0.2, 0.25) is 0 Å². The molecule has 4 aromatic heterocycles. The molecule has 0 saturated heterocycles. The SMILES string of the molecule is O=C(Nc1ccccc1Cc1nc(-c2cnccn2)no1)c1cc(-c2cccs2)on1. The normalized spacial score (nSPS) is 10.8. The summed E-state index contributed by atoms with van der Waals surface area (Å²) in [5, 5.41) is 12.6. The largest absolute Gasteiger partial charge is 0.355 e. The number of hydrogen-bond acceptors (Lipinski definition) is 9. The van der Waals surface area contributed by atoms with Crippen molar-refractivity contribution >= 4 is 22.9 Å². The lowest BCUT2D eigenvalue weighted by molar-refractivity contribution is 0.101. The molecule has 0 radical (unpaired) electrons. The Morgan fingerprint density at radius 3 is 2.84 bits per heavy atom. The van der Waals surface area contributed by atoms with Crippen LogP contribution < -0.4 is 5.32 Å². The number of benzene rings is 1. The van der Waals surface area contributed by atoms with Gasteiger partial charge in [0.05, 0.1) is 17.5 Å². The third kappa shape index (κ3) is 4.09. The summed E-state index contributed by atoms with van der Waals surface area (Å²) in [7, 11) is 0. The van der Waals surface area contributed by atoms with Crippen molar-refractivity contribution in [1.29, 1.82) is 0 Å². The molecule has 0 fully saturated rings. The summed E-state index contributed by atoms with van der Waals surface area (Å²) in [6.07, 6.45) is 5.03. The van der Waals surface area contributed by atoms with E-state index in [2.05, 4.69) is 30.6 Å². The Morgan fingerprint density at radius 2 is 2.00 bits per heavy atom. The average molecular weight is 430 g/mol. The minimum atomic E-state index is -0.371. The lowest BCUT2D eigenvalue weighted by Crippen LogP contribution is -2.13. The fourth-order valence-electron chi connectivity index (χ4n) is 2.91. The van der Waals surface area contributed by atoms with Gasteiger partial charge in [0.2, 0.25) is 11.7 Å². The smallest absolute Gasteiger partial charge is 0.277 e. The van der Waals surface area contributed by atoms with Crippen molar-refractivity contribution in [1.82, 2.24) is 25.3 Å². The van der Waals surface area contributed by atoms with E-state index in [-0.39, 0.29) is 11.6 Å². The molecule has 5 rings (SSSR count). The number of nitrogens with one attached hydrogen (secondary N) is 1. The monoisotopic (exact) mass is 430 g/mol.